The monoisotopic (exact) mass is 326 g/mol. The highest BCUT2D eigenvalue weighted by Gasteiger charge is 2.63. The molecule has 0 saturated heterocycles. The van der Waals surface area contributed by atoms with Crippen molar-refractivity contribution in [1.82, 2.24) is 0 Å². The molecule has 0 aromatic rings. The van der Waals surface area contributed by atoms with E-state index in [4.69, 9.17) is 11.2 Å². The number of ether oxygens (including phenoxy) is 1. The van der Waals surface area contributed by atoms with Crippen molar-refractivity contribution >= 4 is 0 Å². The molecule has 0 radical (unpaired) electrons. The third-order valence-corrected chi connectivity index (χ3v) is 8.07. The van der Waals surface area contributed by atoms with Gasteiger partial charge in [-0.15, -0.1) is 6.42 Å². The molecule has 6 atom stereocenters. The van der Waals surface area contributed by atoms with Gasteiger partial charge in [0.2, 0.25) is 0 Å². The van der Waals surface area contributed by atoms with E-state index in [1.165, 1.54) is 18.4 Å². The molecule has 0 bridgehead atoms. The van der Waals surface area contributed by atoms with Crippen LogP contribution in [0, 0.1) is 41.4 Å². The van der Waals surface area contributed by atoms with Crippen LogP contribution in [0.5, 0.6) is 0 Å². The van der Waals surface area contributed by atoms with Gasteiger partial charge in [0.1, 0.15) is 5.60 Å². The van der Waals surface area contributed by atoms with Gasteiger partial charge in [-0.1, -0.05) is 18.9 Å². The van der Waals surface area contributed by atoms with Crippen molar-refractivity contribution in [3.05, 3.63) is 23.5 Å². The standard InChI is InChI=1S/C22H30O2/c1-4-21-12-10-18-17-9-7-16(24-3)14-15(17)6-8-19(18)20(21)11-13-22(21,23)5-2/h2,6,14,17-20,23H,4,7-13H2,1,3H3/t17-,18+,19+,20-,21+,22-/m0/s1. The quantitative estimate of drug-likeness (QED) is 0.760. The lowest BCUT2D eigenvalue weighted by molar-refractivity contribution is -0.0945. The van der Waals surface area contributed by atoms with Gasteiger partial charge in [-0.05, 0) is 80.3 Å². The molecule has 0 aromatic heterocycles. The summed E-state index contributed by atoms with van der Waals surface area (Å²) in [6.07, 6.45) is 19.2. The predicted octanol–water partition coefficient (Wildman–Crippen LogP) is 4.45. The fourth-order valence-electron chi connectivity index (χ4n) is 6.87. The van der Waals surface area contributed by atoms with Gasteiger partial charge in [0.15, 0.2) is 0 Å². The van der Waals surface area contributed by atoms with Crippen molar-refractivity contribution in [1.29, 1.82) is 0 Å². The molecule has 130 valence electrons. The first-order valence-electron chi connectivity index (χ1n) is 9.73. The number of allylic oxidation sites excluding steroid dienone is 4. The molecule has 4 aliphatic rings. The van der Waals surface area contributed by atoms with Gasteiger partial charge in [-0.2, -0.15) is 0 Å². The second kappa shape index (κ2) is 5.67. The van der Waals surface area contributed by atoms with E-state index in [0.717, 1.165) is 50.2 Å². The first-order valence-corrected chi connectivity index (χ1v) is 9.73. The second-order valence-electron chi connectivity index (χ2n) is 8.43. The van der Waals surface area contributed by atoms with Gasteiger partial charge in [-0.25, -0.2) is 0 Å². The van der Waals surface area contributed by atoms with Crippen LogP contribution < -0.4 is 0 Å². The summed E-state index contributed by atoms with van der Waals surface area (Å²) in [5.74, 6) is 6.70. The number of methoxy groups -OCH3 is 1. The van der Waals surface area contributed by atoms with Gasteiger partial charge < -0.3 is 9.84 Å². The van der Waals surface area contributed by atoms with Gasteiger partial charge in [0, 0.05) is 11.8 Å². The highest BCUT2D eigenvalue weighted by atomic mass is 16.5. The summed E-state index contributed by atoms with van der Waals surface area (Å²) in [6, 6.07) is 0. The Balaban J connectivity index is 1.67. The lowest BCUT2D eigenvalue weighted by atomic mass is 9.50. The molecule has 0 heterocycles. The minimum Gasteiger partial charge on any atom is -0.501 e. The summed E-state index contributed by atoms with van der Waals surface area (Å²) in [5, 5.41) is 11.2. The number of fused-ring (bicyclic) bond motifs is 5. The van der Waals surface area contributed by atoms with Crippen LogP contribution in [0.1, 0.15) is 58.3 Å². The van der Waals surface area contributed by atoms with Gasteiger partial charge in [0.25, 0.3) is 0 Å². The van der Waals surface area contributed by atoms with Crippen LogP contribution >= 0.6 is 0 Å². The average Bonchev–Trinajstić information content (AvgIpc) is 2.94. The summed E-state index contributed by atoms with van der Waals surface area (Å²) < 4.78 is 5.49. The van der Waals surface area contributed by atoms with Gasteiger partial charge in [0.05, 0.1) is 12.9 Å². The van der Waals surface area contributed by atoms with E-state index >= 15 is 0 Å². The molecule has 0 aromatic carbocycles. The van der Waals surface area contributed by atoms with Crippen molar-refractivity contribution < 1.29 is 9.84 Å². The van der Waals surface area contributed by atoms with Gasteiger partial charge >= 0.3 is 0 Å². The van der Waals surface area contributed by atoms with Crippen LogP contribution in [0.25, 0.3) is 0 Å². The molecule has 4 aliphatic carbocycles. The maximum absolute atomic E-state index is 11.2. The zero-order valence-electron chi connectivity index (χ0n) is 15.1. The molecule has 0 unspecified atom stereocenters. The topological polar surface area (TPSA) is 29.5 Å². The molecule has 4 rings (SSSR count). The highest BCUT2D eigenvalue weighted by molar-refractivity contribution is 5.33. The number of hydrogen-bond donors (Lipinski definition) is 1. The van der Waals surface area contributed by atoms with Crippen LogP contribution in [0.2, 0.25) is 0 Å². The first kappa shape index (κ1) is 16.3. The van der Waals surface area contributed by atoms with E-state index in [9.17, 15) is 5.11 Å². The Morgan fingerprint density at radius 2 is 2.12 bits per heavy atom. The molecule has 0 aliphatic heterocycles. The fraction of sp³-hybridized carbons (Fsp3) is 0.727. The third-order valence-electron chi connectivity index (χ3n) is 8.07. The number of aliphatic hydroxyl groups is 1. The molecule has 0 amide bonds. The molecule has 2 fully saturated rings. The summed E-state index contributed by atoms with van der Waals surface area (Å²) in [4.78, 5) is 0. The first-order chi connectivity index (χ1) is 11.6. The van der Waals surface area contributed by atoms with Crippen molar-refractivity contribution in [3.8, 4) is 12.3 Å². The second-order valence-corrected chi connectivity index (χ2v) is 8.43. The lowest BCUT2D eigenvalue weighted by Gasteiger charge is -2.55. The maximum atomic E-state index is 11.2. The molecule has 2 saturated carbocycles. The van der Waals surface area contributed by atoms with Crippen molar-refractivity contribution in [2.75, 3.05) is 7.11 Å². The minimum atomic E-state index is -0.878. The largest absolute Gasteiger partial charge is 0.501 e. The summed E-state index contributed by atoms with van der Waals surface area (Å²) in [5.41, 5.74) is 0.585. The fourth-order valence-corrected chi connectivity index (χ4v) is 6.87. The zero-order valence-corrected chi connectivity index (χ0v) is 15.1. The number of hydrogen-bond acceptors (Lipinski definition) is 2. The Morgan fingerprint density at radius 3 is 2.83 bits per heavy atom. The SMILES string of the molecule is C#C[C@]1(O)CC[C@H]2[C@@H]3CC=C4C=C(OC)CC[C@@H]4[C@H]3CC[C@]21CC. The molecule has 1 N–H and O–H groups in total. The molecule has 2 nitrogen and oxygen atoms in total. The normalized spacial score (nSPS) is 46.8. The Hall–Kier alpha value is -1.20. The van der Waals surface area contributed by atoms with Crippen molar-refractivity contribution in [3.63, 3.8) is 0 Å². The predicted molar refractivity (Wildman–Crippen MR) is 96.0 cm³/mol. The van der Waals surface area contributed by atoms with E-state index in [-0.39, 0.29) is 5.41 Å². The number of terminal acetylenes is 1. The average molecular weight is 326 g/mol. The Morgan fingerprint density at radius 1 is 1.29 bits per heavy atom. The summed E-state index contributed by atoms with van der Waals surface area (Å²) in [7, 11) is 1.79. The molecule has 2 heteroatoms. The minimum absolute atomic E-state index is 0.0452. The van der Waals surface area contributed by atoms with Crippen LogP contribution in [-0.4, -0.2) is 17.8 Å². The van der Waals surface area contributed by atoms with Crippen LogP contribution in [-0.2, 0) is 4.74 Å². The molecule has 24 heavy (non-hydrogen) atoms. The van der Waals surface area contributed by atoms with E-state index in [0.29, 0.717) is 17.8 Å². The van der Waals surface area contributed by atoms with Crippen LogP contribution in [0.15, 0.2) is 23.5 Å². The third kappa shape index (κ3) is 2.00. The van der Waals surface area contributed by atoms with E-state index < -0.39 is 5.60 Å². The van der Waals surface area contributed by atoms with Crippen LogP contribution in [0.4, 0.5) is 0 Å². The molecule has 0 spiro atoms. The Bertz CT molecular complexity index is 624. The van der Waals surface area contributed by atoms with Gasteiger partial charge in [-0.3, -0.25) is 0 Å². The van der Waals surface area contributed by atoms with E-state index in [2.05, 4.69) is 25.0 Å². The lowest BCUT2D eigenvalue weighted by Crippen LogP contribution is -2.53. The Labute approximate surface area is 146 Å². The molecular weight excluding hydrogens is 296 g/mol. The maximum Gasteiger partial charge on any atom is 0.131 e. The van der Waals surface area contributed by atoms with Crippen molar-refractivity contribution in [2.45, 2.75) is 63.9 Å². The smallest absolute Gasteiger partial charge is 0.131 e. The summed E-state index contributed by atoms with van der Waals surface area (Å²) >= 11 is 0. The van der Waals surface area contributed by atoms with E-state index in [1.54, 1.807) is 7.11 Å². The van der Waals surface area contributed by atoms with Crippen LogP contribution in [0.3, 0.4) is 0 Å². The highest BCUT2D eigenvalue weighted by Crippen LogP contribution is 2.65. The summed E-state index contributed by atoms with van der Waals surface area (Å²) in [6.45, 7) is 2.24. The molecular formula is C22H30O2. The van der Waals surface area contributed by atoms with E-state index in [1.807, 2.05) is 0 Å². The zero-order chi connectivity index (χ0) is 16.9. The Kier molecular flexibility index (Phi) is 3.84. The van der Waals surface area contributed by atoms with Crippen molar-refractivity contribution in [2.24, 2.45) is 29.1 Å². The number of rotatable bonds is 2.